The monoisotopic (exact) mass is 324 g/mol. The number of methoxy groups -OCH3 is 1. The van der Waals surface area contributed by atoms with Gasteiger partial charge < -0.3 is 10.1 Å². The van der Waals surface area contributed by atoms with Gasteiger partial charge in [-0.05, 0) is 43.7 Å². The number of ether oxygens (including phenoxy) is 1. The number of esters is 1. The van der Waals surface area contributed by atoms with Gasteiger partial charge in [-0.25, -0.2) is 17.9 Å². The quantitative estimate of drug-likeness (QED) is 0.623. The lowest BCUT2D eigenvalue weighted by atomic mass is 10.1. The van der Waals surface area contributed by atoms with Crippen molar-refractivity contribution in [3.63, 3.8) is 0 Å². The van der Waals surface area contributed by atoms with Crippen LogP contribution in [0.4, 0.5) is 0 Å². The second kappa shape index (κ2) is 7.04. The third-order valence-electron chi connectivity index (χ3n) is 3.53. The molecule has 0 fully saturated rings. The normalized spacial score (nSPS) is 15.3. The van der Waals surface area contributed by atoms with E-state index in [1.165, 1.54) is 25.3 Å². The standard InChI is InChI=1S/C15H20N2O4S/c1-11-9-13(15(18)21-2)3-4-14(11)22(19,20)17-10-12-5-7-16-8-6-12/h3-5,9,16-17H,6-8,10H2,1-2H3. The highest BCUT2D eigenvalue weighted by Crippen LogP contribution is 2.17. The Bertz CT molecular complexity index is 695. The average molecular weight is 324 g/mol. The molecule has 1 aliphatic rings. The van der Waals surface area contributed by atoms with Gasteiger partial charge >= 0.3 is 5.97 Å². The summed E-state index contributed by atoms with van der Waals surface area (Å²) < 4.78 is 32.0. The van der Waals surface area contributed by atoms with Gasteiger partial charge in [0.1, 0.15) is 0 Å². The average Bonchev–Trinajstić information content (AvgIpc) is 2.53. The van der Waals surface area contributed by atoms with Crippen molar-refractivity contribution in [1.29, 1.82) is 0 Å². The molecule has 0 saturated carbocycles. The van der Waals surface area contributed by atoms with Crippen LogP contribution in [-0.4, -0.2) is 41.1 Å². The summed E-state index contributed by atoms with van der Waals surface area (Å²) in [6.45, 7) is 3.59. The number of carbonyl (C=O) groups is 1. The number of rotatable bonds is 5. The number of aryl methyl sites for hydroxylation is 1. The van der Waals surface area contributed by atoms with E-state index in [-0.39, 0.29) is 4.90 Å². The maximum Gasteiger partial charge on any atom is 0.337 e. The Morgan fingerprint density at radius 3 is 2.77 bits per heavy atom. The van der Waals surface area contributed by atoms with Crippen LogP contribution in [0.3, 0.4) is 0 Å². The SMILES string of the molecule is COC(=O)c1ccc(S(=O)(=O)NCC2=CCNCC2)c(C)c1. The molecule has 7 heteroatoms. The summed E-state index contributed by atoms with van der Waals surface area (Å²) in [5.41, 5.74) is 1.92. The maximum atomic E-state index is 12.4. The largest absolute Gasteiger partial charge is 0.465 e. The Morgan fingerprint density at radius 2 is 2.18 bits per heavy atom. The number of benzene rings is 1. The van der Waals surface area contributed by atoms with Crippen molar-refractivity contribution in [2.75, 3.05) is 26.7 Å². The van der Waals surface area contributed by atoms with Gasteiger partial charge in [-0.1, -0.05) is 11.6 Å². The molecule has 0 spiro atoms. The van der Waals surface area contributed by atoms with Crippen molar-refractivity contribution >= 4 is 16.0 Å². The highest BCUT2D eigenvalue weighted by molar-refractivity contribution is 7.89. The Balaban J connectivity index is 2.15. The van der Waals surface area contributed by atoms with Crippen molar-refractivity contribution in [2.45, 2.75) is 18.2 Å². The number of carbonyl (C=O) groups excluding carboxylic acids is 1. The van der Waals surface area contributed by atoms with Crippen LogP contribution in [-0.2, 0) is 14.8 Å². The maximum absolute atomic E-state index is 12.4. The molecule has 1 heterocycles. The summed E-state index contributed by atoms with van der Waals surface area (Å²) in [7, 11) is -2.31. The fourth-order valence-electron chi connectivity index (χ4n) is 2.29. The molecule has 0 amide bonds. The zero-order chi connectivity index (χ0) is 16.2. The number of nitrogens with one attached hydrogen (secondary N) is 2. The van der Waals surface area contributed by atoms with Gasteiger partial charge in [0.05, 0.1) is 17.6 Å². The van der Waals surface area contributed by atoms with E-state index >= 15 is 0 Å². The summed E-state index contributed by atoms with van der Waals surface area (Å²) in [6.07, 6.45) is 2.84. The molecule has 0 unspecified atom stereocenters. The summed E-state index contributed by atoms with van der Waals surface area (Å²) in [5, 5.41) is 3.18. The van der Waals surface area contributed by atoms with Crippen LogP contribution in [0.5, 0.6) is 0 Å². The summed E-state index contributed by atoms with van der Waals surface area (Å²) in [4.78, 5) is 11.6. The molecule has 0 saturated heterocycles. The first-order chi connectivity index (χ1) is 10.4. The third kappa shape index (κ3) is 3.94. The molecule has 0 aromatic heterocycles. The molecule has 0 bridgehead atoms. The second-order valence-electron chi connectivity index (χ2n) is 5.11. The molecule has 120 valence electrons. The molecule has 2 N–H and O–H groups in total. The first-order valence-corrected chi connectivity index (χ1v) is 8.49. The molecule has 22 heavy (non-hydrogen) atoms. The topological polar surface area (TPSA) is 84.5 Å². The van der Waals surface area contributed by atoms with E-state index in [0.717, 1.165) is 25.1 Å². The van der Waals surface area contributed by atoms with Crippen LogP contribution in [0.15, 0.2) is 34.7 Å². The summed E-state index contributed by atoms with van der Waals surface area (Å²) in [5.74, 6) is -0.486. The van der Waals surface area contributed by atoms with Gasteiger partial charge in [0.2, 0.25) is 10.0 Å². The lowest BCUT2D eigenvalue weighted by Crippen LogP contribution is -2.30. The lowest BCUT2D eigenvalue weighted by molar-refractivity contribution is 0.0600. The fraction of sp³-hybridized carbons (Fsp3) is 0.400. The lowest BCUT2D eigenvalue weighted by Gasteiger charge is -2.15. The zero-order valence-corrected chi connectivity index (χ0v) is 13.5. The molecule has 0 radical (unpaired) electrons. The van der Waals surface area contributed by atoms with Crippen LogP contribution >= 0.6 is 0 Å². The van der Waals surface area contributed by atoms with Crippen LogP contribution in [0.1, 0.15) is 22.3 Å². The molecular weight excluding hydrogens is 304 g/mol. The molecule has 1 aromatic rings. The van der Waals surface area contributed by atoms with Crippen molar-refractivity contribution < 1.29 is 17.9 Å². The van der Waals surface area contributed by atoms with Crippen molar-refractivity contribution in [2.24, 2.45) is 0 Å². The van der Waals surface area contributed by atoms with Crippen molar-refractivity contribution in [1.82, 2.24) is 10.0 Å². The van der Waals surface area contributed by atoms with Gasteiger partial charge in [0, 0.05) is 13.1 Å². The van der Waals surface area contributed by atoms with E-state index in [1.54, 1.807) is 6.92 Å². The number of hydrogen-bond donors (Lipinski definition) is 2. The minimum Gasteiger partial charge on any atom is -0.465 e. The summed E-state index contributed by atoms with van der Waals surface area (Å²) in [6, 6.07) is 4.40. The summed E-state index contributed by atoms with van der Waals surface area (Å²) >= 11 is 0. The Labute approximate surface area is 130 Å². The predicted molar refractivity (Wildman–Crippen MR) is 83.3 cm³/mol. The van der Waals surface area contributed by atoms with E-state index in [2.05, 4.69) is 14.8 Å². The van der Waals surface area contributed by atoms with E-state index in [0.29, 0.717) is 17.7 Å². The molecule has 0 atom stereocenters. The Hall–Kier alpha value is -1.70. The zero-order valence-electron chi connectivity index (χ0n) is 12.7. The van der Waals surface area contributed by atoms with Crippen LogP contribution in [0.2, 0.25) is 0 Å². The van der Waals surface area contributed by atoms with Crippen LogP contribution in [0, 0.1) is 6.92 Å². The van der Waals surface area contributed by atoms with E-state index in [4.69, 9.17) is 0 Å². The fourth-order valence-corrected chi connectivity index (χ4v) is 3.55. The van der Waals surface area contributed by atoms with Gasteiger partial charge in [-0.15, -0.1) is 0 Å². The highest BCUT2D eigenvalue weighted by Gasteiger charge is 2.19. The smallest absolute Gasteiger partial charge is 0.337 e. The van der Waals surface area contributed by atoms with Gasteiger partial charge in [-0.2, -0.15) is 0 Å². The number of sulfonamides is 1. The predicted octanol–water partition coefficient (Wildman–Crippen LogP) is 0.980. The van der Waals surface area contributed by atoms with Gasteiger partial charge in [0.15, 0.2) is 0 Å². The van der Waals surface area contributed by atoms with Crippen LogP contribution < -0.4 is 10.0 Å². The minimum absolute atomic E-state index is 0.176. The molecule has 1 aliphatic heterocycles. The first kappa shape index (κ1) is 16.7. The molecular formula is C15H20N2O4S. The molecule has 1 aromatic carbocycles. The van der Waals surface area contributed by atoms with E-state index in [9.17, 15) is 13.2 Å². The molecule has 2 rings (SSSR count). The van der Waals surface area contributed by atoms with Gasteiger partial charge in [-0.3, -0.25) is 0 Å². The third-order valence-corrected chi connectivity index (χ3v) is 5.09. The Kier molecular flexibility index (Phi) is 5.33. The first-order valence-electron chi connectivity index (χ1n) is 7.01. The minimum atomic E-state index is -3.60. The second-order valence-corrected chi connectivity index (χ2v) is 6.85. The molecule has 0 aliphatic carbocycles. The van der Waals surface area contributed by atoms with E-state index < -0.39 is 16.0 Å². The van der Waals surface area contributed by atoms with Crippen LogP contribution in [0.25, 0.3) is 0 Å². The number of hydrogen-bond acceptors (Lipinski definition) is 5. The van der Waals surface area contributed by atoms with Crippen molar-refractivity contribution in [3.05, 3.63) is 41.0 Å². The molecule has 6 nitrogen and oxygen atoms in total. The van der Waals surface area contributed by atoms with Crippen molar-refractivity contribution in [3.8, 4) is 0 Å². The van der Waals surface area contributed by atoms with E-state index in [1.807, 2.05) is 6.08 Å². The Morgan fingerprint density at radius 1 is 1.41 bits per heavy atom. The van der Waals surface area contributed by atoms with Gasteiger partial charge in [0.25, 0.3) is 0 Å². The highest BCUT2D eigenvalue weighted by atomic mass is 32.2.